The van der Waals surface area contributed by atoms with Crippen molar-refractivity contribution < 1.29 is 9.90 Å². The first-order valence-corrected chi connectivity index (χ1v) is 7.77. The van der Waals surface area contributed by atoms with Crippen LogP contribution in [0.1, 0.15) is 58.8 Å². The van der Waals surface area contributed by atoms with Crippen LogP contribution in [0.5, 0.6) is 0 Å². The molecule has 2 atom stereocenters. The topological polar surface area (TPSA) is 61.4 Å². The minimum Gasteiger partial charge on any atom is -0.393 e. The van der Waals surface area contributed by atoms with Crippen molar-refractivity contribution in [2.75, 3.05) is 13.1 Å². The molecule has 0 aromatic rings. The normalized spacial score (nSPS) is 23.4. The van der Waals surface area contributed by atoms with Gasteiger partial charge in [0, 0.05) is 13.1 Å². The molecule has 0 aromatic heterocycles. The first-order valence-electron chi connectivity index (χ1n) is 7.77. The highest BCUT2D eigenvalue weighted by atomic mass is 16.3. The van der Waals surface area contributed by atoms with Crippen molar-refractivity contribution in [1.29, 1.82) is 0 Å². The molecule has 0 aromatic carbocycles. The molecule has 1 aliphatic rings. The lowest BCUT2D eigenvalue weighted by molar-refractivity contribution is 0.101. The third kappa shape index (κ3) is 8.09. The van der Waals surface area contributed by atoms with E-state index in [1.807, 2.05) is 0 Å². The number of nitrogens with one attached hydrogen (secondary N) is 2. The molecular formula is C15H30N2O2. The van der Waals surface area contributed by atoms with Gasteiger partial charge in [-0.15, -0.1) is 0 Å². The van der Waals surface area contributed by atoms with Crippen LogP contribution in [-0.2, 0) is 0 Å². The number of carbonyl (C=O) groups excluding carboxylic acids is 1. The maximum atomic E-state index is 11.6. The highest BCUT2D eigenvalue weighted by Crippen LogP contribution is 2.23. The van der Waals surface area contributed by atoms with Gasteiger partial charge in [0.15, 0.2) is 0 Å². The Hall–Kier alpha value is -0.770. The van der Waals surface area contributed by atoms with Gasteiger partial charge in [0.25, 0.3) is 0 Å². The molecule has 2 unspecified atom stereocenters. The molecule has 19 heavy (non-hydrogen) atoms. The molecule has 0 heterocycles. The molecule has 1 rings (SSSR count). The summed E-state index contributed by atoms with van der Waals surface area (Å²) in [5.41, 5.74) is 0. The molecule has 0 saturated heterocycles. The highest BCUT2D eigenvalue weighted by Gasteiger charge is 2.20. The Bertz CT molecular complexity index is 257. The highest BCUT2D eigenvalue weighted by molar-refractivity contribution is 5.73. The standard InChI is InChI=1S/C15H30N2O2/c1-12(2)6-3-4-9-16-15(19)17-11-13-7-5-8-14(18)10-13/h12-14,18H,3-11H2,1-2H3,(H2,16,17,19). The zero-order valence-corrected chi connectivity index (χ0v) is 12.5. The van der Waals surface area contributed by atoms with Gasteiger partial charge < -0.3 is 15.7 Å². The van der Waals surface area contributed by atoms with E-state index in [1.165, 1.54) is 12.8 Å². The van der Waals surface area contributed by atoms with E-state index in [4.69, 9.17) is 0 Å². The van der Waals surface area contributed by atoms with E-state index in [2.05, 4.69) is 24.5 Å². The molecule has 1 aliphatic carbocycles. The molecule has 0 bridgehead atoms. The molecule has 0 spiro atoms. The molecule has 0 radical (unpaired) electrons. The number of aliphatic hydroxyl groups excluding tert-OH is 1. The van der Waals surface area contributed by atoms with Gasteiger partial charge in [-0.1, -0.05) is 33.1 Å². The van der Waals surface area contributed by atoms with Gasteiger partial charge in [-0.25, -0.2) is 4.79 Å². The molecule has 2 amide bonds. The maximum Gasteiger partial charge on any atom is 0.314 e. The second kappa shape index (κ2) is 9.18. The second-order valence-corrected chi connectivity index (χ2v) is 6.21. The minimum atomic E-state index is -0.167. The fourth-order valence-electron chi connectivity index (χ4n) is 2.63. The molecule has 3 N–H and O–H groups in total. The maximum absolute atomic E-state index is 11.6. The summed E-state index contributed by atoms with van der Waals surface area (Å²) in [4.78, 5) is 11.6. The van der Waals surface area contributed by atoms with Gasteiger partial charge in [0.05, 0.1) is 6.10 Å². The Morgan fingerprint density at radius 2 is 2.05 bits per heavy atom. The van der Waals surface area contributed by atoms with E-state index in [0.29, 0.717) is 12.5 Å². The summed E-state index contributed by atoms with van der Waals surface area (Å²) in [6, 6.07) is -0.0652. The molecule has 112 valence electrons. The lowest BCUT2D eigenvalue weighted by atomic mass is 9.87. The summed E-state index contributed by atoms with van der Waals surface area (Å²) >= 11 is 0. The van der Waals surface area contributed by atoms with Crippen LogP contribution >= 0.6 is 0 Å². The zero-order valence-electron chi connectivity index (χ0n) is 12.5. The van der Waals surface area contributed by atoms with Crippen molar-refractivity contribution in [2.45, 2.75) is 64.9 Å². The summed E-state index contributed by atoms with van der Waals surface area (Å²) in [6.07, 6.45) is 7.21. The Morgan fingerprint density at radius 3 is 2.74 bits per heavy atom. The molecular weight excluding hydrogens is 240 g/mol. The molecule has 4 heteroatoms. The van der Waals surface area contributed by atoms with Crippen LogP contribution in [0.3, 0.4) is 0 Å². The first-order chi connectivity index (χ1) is 9.08. The Labute approximate surface area is 117 Å². The predicted octanol–water partition coefficient (Wildman–Crippen LogP) is 2.66. The third-order valence-corrected chi connectivity index (χ3v) is 3.80. The Morgan fingerprint density at radius 1 is 1.26 bits per heavy atom. The summed E-state index contributed by atoms with van der Waals surface area (Å²) in [5, 5.41) is 15.4. The quantitative estimate of drug-likeness (QED) is 0.623. The van der Waals surface area contributed by atoms with E-state index in [1.54, 1.807) is 0 Å². The van der Waals surface area contributed by atoms with Crippen molar-refractivity contribution in [2.24, 2.45) is 11.8 Å². The van der Waals surface area contributed by atoms with E-state index < -0.39 is 0 Å². The van der Waals surface area contributed by atoms with Gasteiger partial charge in [-0.2, -0.15) is 0 Å². The van der Waals surface area contributed by atoms with Crippen LogP contribution < -0.4 is 10.6 Å². The number of unbranched alkanes of at least 4 members (excludes halogenated alkanes) is 1. The van der Waals surface area contributed by atoms with Gasteiger partial charge in [0.2, 0.25) is 0 Å². The minimum absolute atomic E-state index is 0.0652. The van der Waals surface area contributed by atoms with E-state index in [0.717, 1.165) is 44.6 Å². The summed E-state index contributed by atoms with van der Waals surface area (Å²) in [7, 11) is 0. The number of hydrogen-bond donors (Lipinski definition) is 3. The number of carbonyl (C=O) groups is 1. The number of urea groups is 1. The predicted molar refractivity (Wildman–Crippen MR) is 78.1 cm³/mol. The van der Waals surface area contributed by atoms with Crippen LogP contribution in [0.2, 0.25) is 0 Å². The molecule has 1 fully saturated rings. The van der Waals surface area contributed by atoms with Gasteiger partial charge in [-0.05, 0) is 37.5 Å². The van der Waals surface area contributed by atoms with Crippen molar-refractivity contribution in [3.8, 4) is 0 Å². The Balaban J connectivity index is 1.98. The first kappa shape index (κ1) is 16.3. The van der Waals surface area contributed by atoms with Crippen LogP contribution in [0.4, 0.5) is 4.79 Å². The SMILES string of the molecule is CC(C)CCCCNC(=O)NCC1CCCC(O)C1. The number of amides is 2. The van der Waals surface area contributed by atoms with E-state index in [-0.39, 0.29) is 12.1 Å². The largest absolute Gasteiger partial charge is 0.393 e. The fraction of sp³-hybridized carbons (Fsp3) is 0.933. The van der Waals surface area contributed by atoms with Crippen molar-refractivity contribution in [1.82, 2.24) is 10.6 Å². The van der Waals surface area contributed by atoms with Gasteiger partial charge in [0.1, 0.15) is 0 Å². The monoisotopic (exact) mass is 270 g/mol. The summed E-state index contributed by atoms with van der Waals surface area (Å²) < 4.78 is 0. The van der Waals surface area contributed by atoms with Crippen LogP contribution in [0, 0.1) is 11.8 Å². The van der Waals surface area contributed by atoms with E-state index >= 15 is 0 Å². The second-order valence-electron chi connectivity index (χ2n) is 6.21. The Kier molecular flexibility index (Phi) is 7.87. The summed E-state index contributed by atoms with van der Waals surface area (Å²) in [5.74, 6) is 1.18. The fourth-order valence-corrected chi connectivity index (χ4v) is 2.63. The van der Waals surface area contributed by atoms with Gasteiger partial charge in [-0.3, -0.25) is 0 Å². The van der Waals surface area contributed by atoms with Crippen molar-refractivity contribution in [3.63, 3.8) is 0 Å². The van der Waals surface area contributed by atoms with Crippen LogP contribution in [-0.4, -0.2) is 30.3 Å². The lowest BCUT2D eigenvalue weighted by Gasteiger charge is -2.25. The van der Waals surface area contributed by atoms with Crippen LogP contribution in [0.15, 0.2) is 0 Å². The zero-order chi connectivity index (χ0) is 14.1. The number of aliphatic hydroxyl groups is 1. The third-order valence-electron chi connectivity index (χ3n) is 3.80. The van der Waals surface area contributed by atoms with Crippen molar-refractivity contribution in [3.05, 3.63) is 0 Å². The molecule has 1 saturated carbocycles. The molecule has 4 nitrogen and oxygen atoms in total. The van der Waals surface area contributed by atoms with Crippen LogP contribution in [0.25, 0.3) is 0 Å². The summed E-state index contributed by atoms with van der Waals surface area (Å²) in [6.45, 7) is 5.89. The smallest absolute Gasteiger partial charge is 0.314 e. The van der Waals surface area contributed by atoms with Gasteiger partial charge >= 0.3 is 6.03 Å². The average molecular weight is 270 g/mol. The number of rotatable bonds is 7. The van der Waals surface area contributed by atoms with Crippen molar-refractivity contribution >= 4 is 6.03 Å². The number of hydrogen-bond acceptors (Lipinski definition) is 2. The lowest BCUT2D eigenvalue weighted by Crippen LogP contribution is -2.40. The molecule has 0 aliphatic heterocycles. The average Bonchev–Trinajstić information content (AvgIpc) is 2.35. The van der Waals surface area contributed by atoms with E-state index in [9.17, 15) is 9.90 Å².